The second kappa shape index (κ2) is 6.83. The molecular weight excluding hydrogens is 358 g/mol. The molecule has 2 aromatic rings. The van der Waals surface area contributed by atoms with Crippen LogP contribution in [0.15, 0.2) is 60.7 Å². The highest BCUT2D eigenvalue weighted by Gasteiger charge is 2.57. The van der Waals surface area contributed by atoms with E-state index in [4.69, 9.17) is 4.43 Å². The Balaban J connectivity index is 1.64. The van der Waals surface area contributed by atoms with E-state index < -0.39 is 8.32 Å². The minimum atomic E-state index is -2.45. The quantitative estimate of drug-likeness (QED) is 0.797. The minimum Gasteiger partial charge on any atom is -0.403 e. The Labute approximate surface area is 170 Å². The molecule has 1 heterocycles. The van der Waals surface area contributed by atoms with Crippen LogP contribution in [0.25, 0.3) is 0 Å². The van der Waals surface area contributed by atoms with Crippen LogP contribution in [0.1, 0.15) is 40.0 Å². The standard InChI is InChI=1S/C25H33NOSi/c1-25(2,3)28(21-10-6-4-7-11-21,22-12-8-5-9-13-22)27-24-20-15-18-14-19(16-20)23(24)26-17-18/h4-13,18-20,23-24,26H,14-17H2,1-3H3/t18?,19?,20?,23?,24-/m0/s1. The van der Waals surface area contributed by atoms with Crippen LogP contribution in [0.3, 0.4) is 0 Å². The first-order valence-electron chi connectivity index (χ1n) is 11.0. The molecule has 0 spiro atoms. The lowest BCUT2D eigenvalue weighted by Gasteiger charge is -2.46. The lowest BCUT2D eigenvalue weighted by Crippen LogP contribution is -2.69. The smallest absolute Gasteiger partial charge is 0.261 e. The van der Waals surface area contributed by atoms with Gasteiger partial charge < -0.3 is 9.74 Å². The third kappa shape index (κ3) is 2.82. The summed E-state index contributed by atoms with van der Waals surface area (Å²) >= 11 is 0. The first-order valence-corrected chi connectivity index (χ1v) is 12.9. The second-order valence-electron chi connectivity index (χ2n) is 10.3. The van der Waals surface area contributed by atoms with Crippen molar-refractivity contribution in [1.82, 2.24) is 5.32 Å². The van der Waals surface area contributed by atoms with Crippen molar-refractivity contribution in [2.24, 2.45) is 17.8 Å². The first-order chi connectivity index (χ1) is 13.5. The molecule has 5 atom stereocenters. The molecule has 5 rings (SSSR count). The van der Waals surface area contributed by atoms with Gasteiger partial charge >= 0.3 is 0 Å². The Morgan fingerprint density at radius 2 is 1.39 bits per heavy atom. The van der Waals surface area contributed by atoms with Gasteiger partial charge in [0, 0.05) is 6.04 Å². The molecule has 3 aliphatic rings. The summed E-state index contributed by atoms with van der Waals surface area (Å²) in [7, 11) is -2.45. The summed E-state index contributed by atoms with van der Waals surface area (Å²) in [6.45, 7) is 8.37. The zero-order valence-corrected chi connectivity index (χ0v) is 18.4. The molecule has 1 aliphatic heterocycles. The molecule has 148 valence electrons. The Bertz CT molecular complexity index is 776. The summed E-state index contributed by atoms with van der Waals surface area (Å²) in [4.78, 5) is 0. The summed E-state index contributed by atoms with van der Waals surface area (Å²) in [5.74, 6) is 2.42. The topological polar surface area (TPSA) is 21.3 Å². The fourth-order valence-corrected chi connectivity index (χ4v) is 11.2. The molecule has 0 amide bonds. The lowest BCUT2D eigenvalue weighted by molar-refractivity contribution is 0.125. The van der Waals surface area contributed by atoms with Crippen LogP contribution in [0.2, 0.25) is 5.04 Å². The van der Waals surface area contributed by atoms with Crippen molar-refractivity contribution in [3.05, 3.63) is 60.7 Å². The largest absolute Gasteiger partial charge is 0.403 e. The number of benzene rings is 2. The molecule has 2 aliphatic carbocycles. The van der Waals surface area contributed by atoms with Crippen molar-refractivity contribution < 1.29 is 4.43 Å². The van der Waals surface area contributed by atoms with Gasteiger partial charge in [-0.15, -0.1) is 0 Å². The highest BCUT2D eigenvalue weighted by Crippen LogP contribution is 2.50. The maximum absolute atomic E-state index is 7.56. The van der Waals surface area contributed by atoms with E-state index in [0.717, 1.165) is 17.8 Å². The fraction of sp³-hybridized carbons (Fsp3) is 0.520. The monoisotopic (exact) mass is 391 g/mol. The summed E-state index contributed by atoms with van der Waals surface area (Å²) in [5, 5.41) is 6.77. The minimum absolute atomic E-state index is 0.0599. The SMILES string of the molecule is CC(C)(C)[Si](O[C@H]1C2CC3CNC1C(C3)C2)(c1ccccc1)c1ccccc1. The second-order valence-corrected chi connectivity index (χ2v) is 14.5. The van der Waals surface area contributed by atoms with Crippen LogP contribution in [0, 0.1) is 17.8 Å². The summed E-state index contributed by atoms with van der Waals surface area (Å²) in [6.07, 6.45) is 4.47. The van der Waals surface area contributed by atoms with Gasteiger partial charge in [-0.1, -0.05) is 81.4 Å². The highest BCUT2D eigenvalue weighted by molar-refractivity contribution is 6.99. The predicted molar refractivity (Wildman–Crippen MR) is 119 cm³/mol. The molecule has 2 nitrogen and oxygen atoms in total. The van der Waals surface area contributed by atoms with Crippen molar-refractivity contribution in [2.45, 2.75) is 57.2 Å². The molecule has 0 radical (unpaired) electrons. The van der Waals surface area contributed by atoms with E-state index in [0.29, 0.717) is 12.1 Å². The van der Waals surface area contributed by atoms with Gasteiger partial charge in [0.2, 0.25) is 0 Å². The number of hydrogen-bond acceptors (Lipinski definition) is 2. The summed E-state index contributed by atoms with van der Waals surface area (Å²) in [5.41, 5.74) is 0. The van der Waals surface area contributed by atoms with Crippen molar-refractivity contribution in [1.29, 1.82) is 0 Å². The van der Waals surface area contributed by atoms with Gasteiger partial charge in [0.25, 0.3) is 8.32 Å². The van der Waals surface area contributed by atoms with Gasteiger partial charge in [-0.25, -0.2) is 0 Å². The van der Waals surface area contributed by atoms with E-state index in [1.807, 2.05) is 0 Å². The van der Waals surface area contributed by atoms with Gasteiger partial charge in [0.15, 0.2) is 0 Å². The van der Waals surface area contributed by atoms with Crippen LogP contribution in [0.4, 0.5) is 0 Å². The molecule has 0 aromatic heterocycles. The number of piperidine rings is 1. The number of nitrogens with one attached hydrogen (secondary N) is 1. The van der Waals surface area contributed by atoms with Crippen molar-refractivity contribution in [3.8, 4) is 0 Å². The zero-order chi connectivity index (χ0) is 19.4. The fourth-order valence-electron chi connectivity index (χ4n) is 6.47. The first kappa shape index (κ1) is 18.6. The van der Waals surface area contributed by atoms with E-state index >= 15 is 0 Å². The van der Waals surface area contributed by atoms with E-state index in [9.17, 15) is 0 Å². The van der Waals surface area contributed by atoms with Crippen LogP contribution >= 0.6 is 0 Å². The lowest BCUT2D eigenvalue weighted by atomic mass is 9.78. The molecule has 3 heteroatoms. The molecule has 1 saturated heterocycles. The predicted octanol–water partition coefficient (Wildman–Crippen LogP) is 3.95. The summed E-state index contributed by atoms with van der Waals surface area (Å²) < 4.78 is 7.56. The van der Waals surface area contributed by atoms with Gasteiger partial charge in [0.1, 0.15) is 0 Å². The van der Waals surface area contributed by atoms with Gasteiger partial charge in [-0.3, -0.25) is 0 Å². The van der Waals surface area contributed by atoms with Crippen LogP contribution in [-0.4, -0.2) is 27.0 Å². The van der Waals surface area contributed by atoms with Crippen molar-refractivity contribution in [3.63, 3.8) is 0 Å². The Kier molecular flexibility index (Phi) is 4.53. The molecule has 4 unspecified atom stereocenters. The molecule has 2 saturated carbocycles. The van der Waals surface area contributed by atoms with Crippen molar-refractivity contribution >= 4 is 18.7 Å². The van der Waals surface area contributed by atoms with Gasteiger partial charge in [-0.05, 0) is 59.0 Å². The van der Waals surface area contributed by atoms with Crippen molar-refractivity contribution in [2.75, 3.05) is 6.54 Å². The van der Waals surface area contributed by atoms with E-state index in [1.165, 1.54) is 36.2 Å². The normalized spacial score (nSPS) is 31.9. The third-order valence-corrected chi connectivity index (χ3v) is 12.6. The van der Waals surface area contributed by atoms with Gasteiger partial charge in [0.05, 0.1) is 6.10 Å². The average Bonchev–Trinajstić information content (AvgIpc) is 2.85. The molecule has 28 heavy (non-hydrogen) atoms. The highest BCUT2D eigenvalue weighted by atomic mass is 28.4. The zero-order valence-electron chi connectivity index (χ0n) is 17.4. The molecule has 2 aromatic carbocycles. The van der Waals surface area contributed by atoms with Crippen LogP contribution in [-0.2, 0) is 4.43 Å². The Morgan fingerprint density at radius 3 is 1.96 bits per heavy atom. The van der Waals surface area contributed by atoms with E-state index in [-0.39, 0.29) is 5.04 Å². The third-order valence-electron chi connectivity index (χ3n) is 7.58. The maximum Gasteiger partial charge on any atom is 0.261 e. The Morgan fingerprint density at radius 1 is 0.821 bits per heavy atom. The van der Waals surface area contributed by atoms with E-state index in [1.54, 1.807) is 0 Å². The number of hydrogen-bond donors (Lipinski definition) is 1. The van der Waals surface area contributed by atoms with E-state index in [2.05, 4.69) is 86.8 Å². The van der Waals surface area contributed by atoms with Gasteiger partial charge in [-0.2, -0.15) is 0 Å². The average molecular weight is 392 g/mol. The molecular formula is C25H33NOSi. The Hall–Kier alpha value is -1.42. The number of rotatable bonds is 4. The maximum atomic E-state index is 7.56. The van der Waals surface area contributed by atoms with Crippen LogP contribution < -0.4 is 15.7 Å². The molecule has 1 N–H and O–H groups in total. The summed E-state index contributed by atoms with van der Waals surface area (Å²) in [6, 6.07) is 22.8. The van der Waals surface area contributed by atoms with Crippen LogP contribution in [0.5, 0.6) is 0 Å². The molecule has 3 bridgehead atoms. The molecule has 3 fully saturated rings. The number of fused-ring (bicyclic) bond motifs is 2.